The van der Waals surface area contributed by atoms with Crippen molar-refractivity contribution in [3.05, 3.63) is 95.8 Å². The quantitative estimate of drug-likeness (QED) is 0.497. The van der Waals surface area contributed by atoms with E-state index in [-0.39, 0.29) is 11.9 Å². The molecule has 1 unspecified atom stereocenters. The molecule has 0 radical (unpaired) electrons. The maximum Gasteiger partial charge on any atom is 0.224 e. The van der Waals surface area contributed by atoms with Crippen molar-refractivity contribution in [2.24, 2.45) is 0 Å². The minimum Gasteiger partial charge on any atom is -0.496 e. The highest BCUT2D eigenvalue weighted by Crippen LogP contribution is 2.25. The molecule has 4 rings (SSSR count). The van der Waals surface area contributed by atoms with Gasteiger partial charge < -0.3 is 14.6 Å². The van der Waals surface area contributed by atoms with Crippen molar-refractivity contribution < 1.29 is 9.53 Å². The summed E-state index contributed by atoms with van der Waals surface area (Å²) in [5.41, 5.74) is 3.99. The molecular weight excluding hydrogens is 374 g/mol. The molecule has 152 valence electrons. The first-order chi connectivity index (χ1) is 14.7. The van der Waals surface area contributed by atoms with E-state index in [9.17, 15) is 4.79 Å². The summed E-state index contributed by atoms with van der Waals surface area (Å²) in [6.45, 7) is 2.58. The molecule has 0 fully saturated rings. The largest absolute Gasteiger partial charge is 0.496 e. The lowest BCUT2D eigenvalue weighted by atomic mass is 10.1. The summed E-state index contributed by atoms with van der Waals surface area (Å²) in [6.07, 6.45) is 0.345. The van der Waals surface area contributed by atoms with Crippen LogP contribution in [0, 0.1) is 0 Å². The molecule has 1 aromatic heterocycles. The molecule has 1 amide bonds. The van der Waals surface area contributed by atoms with E-state index in [1.807, 2.05) is 73.7 Å². The Kier molecular flexibility index (Phi) is 5.80. The first-order valence-corrected chi connectivity index (χ1v) is 10.1. The van der Waals surface area contributed by atoms with Crippen LogP contribution in [-0.4, -0.2) is 22.6 Å². The van der Waals surface area contributed by atoms with Gasteiger partial charge in [-0.1, -0.05) is 60.7 Å². The van der Waals surface area contributed by atoms with Crippen LogP contribution in [0.2, 0.25) is 0 Å². The summed E-state index contributed by atoms with van der Waals surface area (Å²) < 4.78 is 7.69. The number of carbonyl (C=O) groups excluding carboxylic acids is 1. The number of benzene rings is 3. The maximum atomic E-state index is 12.6. The second-order valence-electron chi connectivity index (χ2n) is 7.31. The zero-order chi connectivity index (χ0) is 20.9. The second kappa shape index (κ2) is 8.82. The summed E-state index contributed by atoms with van der Waals surface area (Å²) in [5, 5.41) is 3.11. The minimum absolute atomic E-state index is 0.0235. The predicted octanol–water partition coefficient (Wildman–Crippen LogP) is 4.51. The number of imidazole rings is 1. The Morgan fingerprint density at radius 2 is 1.70 bits per heavy atom. The van der Waals surface area contributed by atoms with Gasteiger partial charge in [-0.2, -0.15) is 0 Å². The number of hydrogen-bond donors (Lipinski definition) is 1. The minimum atomic E-state index is -0.233. The van der Waals surface area contributed by atoms with Crippen LogP contribution >= 0.6 is 0 Å². The average molecular weight is 399 g/mol. The van der Waals surface area contributed by atoms with Crippen molar-refractivity contribution in [1.82, 2.24) is 14.9 Å². The van der Waals surface area contributed by atoms with Crippen molar-refractivity contribution >= 4 is 16.9 Å². The Balaban J connectivity index is 1.63. The summed E-state index contributed by atoms with van der Waals surface area (Å²) in [5.74, 6) is 1.63. The number of hydrogen-bond acceptors (Lipinski definition) is 3. The average Bonchev–Trinajstić information content (AvgIpc) is 3.13. The molecule has 5 nitrogen and oxygen atoms in total. The third-order valence-corrected chi connectivity index (χ3v) is 5.18. The van der Waals surface area contributed by atoms with Crippen LogP contribution in [-0.2, 0) is 17.8 Å². The molecule has 0 aliphatic rings. The number of nitrogens with zero attached hydrogens (tertiary/aromatic N) is 2. The molecule has 0 saturated heterocycles. The van der Waals surface area contributed by atoms with Gasteiger partial charge >= 0.3 is 0 Å². The van der Waals surface area contributed by atoms with Crippen molar-refractivity contribution in [1.29, 1.82) is 0 Å². The number of para-hydroxylation sites is 3. The summed E-state index contributed by atoms with van der Waals surface area (Å²) in [6, 6.07) is 25.5. The number of aromatic nitrogens is 2. The van der Waals surface area contributed by atoms with Crippen molar-refractivity contribution in [3.63, 3.8) is 0 Å². The smallest absolute Gasteiger partial charge is 0.224 e. The van der Waals surface area contributed by atoms with E-state index in [4.69, 9.17) is 9.72 Å². The van der Waals surface area contributed by atoms with Crippen LogP contribution in [0.4, 0.5) is 0 Å². The van der Waals surface area contributed by atoms with Gasteiger partial charge in [0.1, 0.15) is 11.6 Å². The van der Waals surface area contributed by atoms with Crippen LogP contribution in [0.1, 0.15) is 29.9 Å². The zero-order valence-electron chi connectivity index (χ0n) is 17.2. The van der Waals surface area contributed by atoms with Gasteiger partial charge in [0, 0.05) is 5.56 Å². The number of methoxy groups -OCH3 is 1. The van der Waals surface area contributed by atoms with E-state index < -0.39 is 0 Å². The topological polar surface area (TPSA) is 56.1 Å². The number of amides is 1. The lowest BCUT2D eigenvalue weighted by Gasteiger charge is -2.17. The standard InChI is InChI=1S/C25H25N3O2/c1-18(26-24(29)16-19-10-4-3-5-11-19)25-27-21-13-7-8-14-22(21)28(25)17-20-12-6-9-15-23(20)30-2/h3-15,18H,16-17H2,1-2H3,(H,26,29). The van der Waals surface area contributed by atoms with E-state index in [1.165, 1.54) is 0 Å². The highest BCUT2D eigenvalue weighted by atomic mass is 16.5. The number of rotatable bonds is 7. The van der Waals surface area contributed by atoms with Crippen LogP contribution in [0.15, 0.2) is 78.9 Å². The molecule has 1 heterocycles. The molecule has 0 spiro atoms. The summed E-state index contributed by atoms with van der Waals surface area (Å²) >= 11 is 0. The lowest BCUT2D eigenvalue weighted by Crippen LogP contribution is -2.30. The maximum absolute atomic E-state index is 12.6. The molecule has 1 atom stereocenters. The molecular formula is C25H25N3O2. The monoisotopic (exact) mass is 399 g/mol. The second-order valence-corrected chi connectivity index (χ2v) is 7.31. The SMILES string of the molecule is COc1ccccc1Cn1c(C(C)NC(=O)Cc2ccccc2)nc2ccccc21. The van der Waals surface area contributed by atoms with Crippen molar-refractivity contribution in [2.45, 2.75) is 25.9 Å². The van der Waals surface area contributed by atoms with Gasteiger partial charge in [-0.05, 0) is 30.7 Å². The molecule has 30 heavy (non-hydrogen) atoms. The van der Waals surface area contributed by atoms with E-state index in [1.54, 1.807) is 7.11 Å². The first-order valence-electron chi connectivity index (χ1n) is 10.1. The normalized spacial score (nSPS) is 11.9. The summed E-state index contributed by atoms with van der Waals surface area (Å²) in [4.78, 5) is 17.4. The van der Waals surface area contributed by atoms with E-state index >= 15 is 0 Å². The fourth-order valence-corrected chi connectivity index (χ4v) is 3.73. The molecule has 0 aliphatic heterocycles. The lowest BCUT2D eigenvalue weighted by molar-refractivity contribution is -0.121. The van der Waals surface area contributed by atoms with Crippen molar-refractivity contribution in [3.8, 4) is 5.75 Å². The van der Waals surface area contributed by atoms with Crippen LogP contribution in [0.25, 0.3) is 11.0 Å². The third kappa shape index (κ3) is 4.20. The Morgan fingerprint density at radius 3 is 2.50 bits per heavy atom. The van der Waals surface area contributed by atoms with Crippen LogP contribution in [0.3, 0.4) is 0 Å². The number of nitrogens with one attached hydrogen (secondary N) is 1. The summed E-state index contributed by atoms with van der Waals surface area (Å²) in [7, 11) is 1.68. The van der Waals surface area contributed by atoms with Gasteiger partial charge in [-0.15, -0.1) is 0 Å². The van der Waals surface area contributed by atoms with Gasteiger partial charge in [0.15, 0.2) is 0 Å². The molecule has 0 aliphatic carbocycles. The van der Waals surface area contributed by atoms with Gasteiger partial charge in [0.05, 0.1) is 37.2 Å². The van der Waals surface area contributed by atoms with Crippen LogP contribution in [0.5, 0.6) is 5.75 Å². The predicted molar refractivity (Wildman–Crippen MR) is 119 cm³/mol. The Labute approximate surface area is 176 Å². The molecule has 5 heteroatoms. The van der Waals surface area contributed by atoms with Gasteiger partial charge in [0.25, 0.3) is 0 Å². The molecule has 4 aromatic rings. The first kappa shape index (κ1) is 19.7. The Hall–Kier alpha value is -3.60. The zero-order valence-corrected chi connectivity index (χ0v) is 17.2. The fourth-order valence-electron chi connectivity index (χ4n) is 3.73. The van der Waals surface area contributed by atoms with Gasteiger partial charge in [-0.3, -0.25) is 4.79 Å². The van der Waals surface area contributed by atoms with E-state index in [2.05, 4.69) is 22.0 Å². The molecule has 0 bridgehead atoms. The highest BCUT2D eigenvalue weighted by molar-refractivity contribution is 5.79. The molecule has 1 N–H and O–H groups in total. The number of fused-ring (bicyclic) bond motifs is 1. The Bertz CT molecular complexity index is 1150. The number of ether oxygens (including phenoxy) is 1. The third-order valence-electron chi connectivity index (χ3n) is 5.18. The Morgan fingerprint density at radius 1 is 1.00 bits per heavy atom. The van der Waals surface area contributed by atoms with Crippen LogP contribution < -0.4 is 10.1 Å². The van der Waals surface area contributed by atoms with E-state index in [0.29, 0.717) is 13.0 Å². The van der Waals surface area contributed by atoms with Gasteiger partial charge in [-0.25, -0.2) is 4.98 Å². The molecule has 3 aromatic carbocycles. The number of carbonyl (C=O) groups is 1. The fraction of sp³-hybridized carbons (Fsp3) is 0.200. The molecule has 0 saturated carbocycles. The highest BCUT2D eigenvalue weighted by Gasteiger charge is 2.19. The van der Waals surface area contributed by atoms with E-state index in [0.717, 1.165) is 33.7 Å². The van der Waals surface area contributed by atoms with Crippen molar-refractivity contribution in [2.75, 3.05) is 7.11 Å². The van der Waals surface area contributed by atoms with Gasteiger partial charge in [0.2, 0.25) is 5.91 Å².